The number of hydrogen-bond acceptors (Lipinski definition) is 3. The van der Waals surface area contributed by atoms with Gasteiger partial charge in [-0.1, -0.05) is 42.5 Å². The van der Waals surface area contributed by atoms with Gasteiger partial charge in [-0.3, -0.25) is 4.79 Å². The van der Waals surface area contributed by atoms with E-state index < -0.39 is 27.7 Å². The number of thiol groups is 1. The fraction of sp³-hybridized carbons (Fsp3) is 0.250. The number of nitrogens with one attached hydrogen (secondary N) is 1. The molecule has 118 valence electrons. The molecule has 6 heteroatoms. The summed E-state index contributed by atoms with van der Waals surface area (Å²) < 4.78 is 5.16. The maximum absolute atomic E-state index is 12.2. The summed E-state index contributed by atoms with van der Waals surface area (Å²) in [5.41, 5.74) is 0.887. The average Bonchev–Trinajstić information content (AvgIpc) is 3.05. The van der Waals surface area contributed by atoms with Gasteiger partial charge in [0.2, 0.25) is 0 Å². The number of amides is 1. The van der Waals surface area contributed by atoms with Crippen LogP contribution in [0.3, 0.4) is 0 Å². The number of benzene rings is 1. The number of ether oxygens (including phenoxy) is 1. The molecule has 1 aliphatic heterocycles. The van der Waals surface area contributed by atoms with Gasteiger partial charge < -0.3 is 10.1 Å². The minimum absolute atomic E-state index is 0.160. The van der Waals surface area contributed by atoms with Crippen LogP contribution in [0.1, 0.15) is 12.5 Å². The Bertz CT molecular complexity index is 574. The highest BCUT2D eigenvalue weighted by Gasteiger charge is 2.28. The molecule has 1 aromatic rings. The zero-order chi connectivity index (χ0) is 15.9. The summed E-state index contributed by atoms with van der Waals surface area (Å²) in [7, 11) is -0.885. The van der Waals surface area contributed by atoms with Crippen LogP contribution in [0.2, 0.25) is 0 Å². The fourth-order valence-corrected chi connectivity index (χ4v) is 3.93. The lowest BCUT2D eigenvalue weighted by Crippen LogP contribution is -2.42. The van der Waals surface area contributed by atoms with Gasteiger partial charge in [-0.25, -0.2) is 4.79 Å². The Hall–Kier alpha value is -1.72. The third-order valence-electron chi connectivity index (χ3n) is 3.05. The van der Waals surface area contributed by atoms with Gasteiger partial charge in [0.25, 0.3) is 0 Å². The van der Waals surface area contributed by atoms with Gasteiger partial charge in [-0.15, -0.1) is 11.6 Å². The molecule has 0 saturated carbocycles. The lowest BCUT2D eigenvalue weighted by atomic mass is 10.2. The quantitative estimate of drug-likeness (QED) is 0.616. The lowest BCUT2D eigenvalue weighted by molar-refractivity contribution is -0.118. The van der Waals surface area contributed by atoms with Crippen molar-refractivity contribution in [2.24, 2.45) is 0 Å². The van der Waals surface area contributed by atoms with E-state index in [9.17, 15) is 9.59 Å². The Balaban J connectivity index is 1.94. The van der Waals surface area contributed by atoms with E-state index in [1.807, 2.05) is 53.3 Å². The van der Waals surface area contributed by atoms with Gasteiger partial charge in [-0.2, -0.15) is 10.9 Å². The minimum atomic E-state index is -0.885. The molecule has 1 N–H and O–H groups in total. The number of alkyl halides is 1. The zero-order valence-corrected chi connectivity index (χ0v) is 13.8. The molecule has 22 heavy (non-hydrogen) atoms. The summed E-state index contributed by atoms with van der Waals surface area (Å²) in [5, 5.41) is 5.15. The molecule has 1 aromatic carbocycles. The second kappa shape index (κ2) is 8.06. The van der Waals surface area contributed by atoms with Gasteiger partial charge in [0.05, 0.1) is 5.38 Å². The van der Waals surface area contributed by atoms with Crippen molar-refractivity contribution in [3.8, 4) is 0 Å². The molecule has 0 saturated heterocycles. The second-order valence-corrected chi connectivity index (χ2v) is 7.42. The molecular formula is C16H18ClNO3S. The normalized spacial score (nSPS) is 17.1. The van der Waals surface area contributed by atoms with Crippen LogP contribution in [-0.2, 0) is 16.1 Å². The molecular weight excluding hydrogens is 322 g/mol. The number of hydrogen-bond donors (Lipinski definition) is 2. The van der Waals surface area contributed by atoms with Crippen LogP contribution in [0, 0.1) is 0 Å². The van der Waals surface area contributed by atoms with E-state index in [2.05, 4.69) is 5.32 Å². The van der Waals surface area contributed by atoms with E-state index >= 15 is 0 Å². The van der Waals surface area contributed by atoms with E-state index in [-0.39, 0.29) is 12.4 Å². The molecule has 1 heterocycles. The summed E-state index contributed by atoms with van der Waals surface area (Å²) in [6.45, 7) is 1.76. The molecule has 4 nitrogen and oxygen atoms in total. The maximum Gasteiger partial charge on any atom is 0.408 e. The Kier molecular flexibility index (Phi) is 6.10. The Labute approximate surface area is 137 Å². The molecule has 2 rings (SSSR count). The summed E-state index contributed by atoms with van der Waals surface area (Å²) in [6, 6.07) is 9.36. The molecule has 0 radical (unpaired) electrons. The van der Waals surface area contributed by atoms with Crippen molar-refractivity contribution in [1.29, 1.82) is 0 Å². The highest BCUT2D eigenvalue weighted by atomic mass is 35.5. The van der Waals surface area contributed by atoms with Crippen LogP contribution in [0.5, 0.6) is 0 Å². The van der Waals surface area contributed by atoms with Crippen LogP contribution >= 0.6 is 22.5 Å². The number of carbonyl (C=O) groups is 2. The van der Waals surface area contributed by atoms with Crippen molar-refractivity contribution in [2.75, 3.05) is 0 Å². The number of rotatable bonds is 6. The molecule has 0 spiro atoms. The predicted octanol–water partition coefficient (Wildman–Crippen LogP) is 3.48. The standard InChI is InChI=1S/C16H18ClNO3S/c1-12(17)14(19)15(22-9-5-6-10-22)18-16(20)21-11-13-7-3-2-4-8-13/h2-10,12,15,22H,11H2,1H3,(H,18,20)/t12-,15?/m0/s1. The summed E-state index contributed by atoms with van der Waals surface area (Å²) in [5.74, 6) is -0.208. The smallest absolute Gasteiger partial charge is 0.408 e. The highest BCUT2D eigenvalue weighted by Crippen LogP contribution is 2.38. The SMILES string of the molecule is C[C@H](Cl)C(=O)C(NC(=O)OCc1ccccc1)[SH]1C=CC=C1. The highest BCUT2D eigenvalue weighted by molar-refractivity contribution is 8.23. The van der Waals surface area contributed by atoms with Gasteiger partial charge in [-0.05, 0) is 23.3 Å². The molecule has 2 atom stereocenters. The number of ketones is 1. The van der Waals surface area contributed by atoms with Crippen molar-refractivity contribution < 1.29 is 14.3 Å². The van der Waals surface area contributed by atoms with Crippen LogP contribution in [0.15, 0.2) is 53.3 Å². The molecule has 1 aliphatic rings. The summed E-state index contributed by atoms with van der Waals surface area (Å²) in [6.07, 6.45) is 3.11. The van der Waals surface area contributed by atoms with Gasteiger partial charge in [0.1, 0.15) is 12.0 Å². The van der Waals surface area contributed by atoms with E-state index in [0.29, 0.717) is 0 Å². The monoisotopic (exact) mass is 339 g/mol. The first kappa shape index (κ1) is 16.6. The average molecular weight is 340 g/mol. The topological polar surface area (TPSA) is 55.4 Å². The Morgan fingerprint density at radius 1 is 1.23 bits per heavy atom. The van der Waals surface area contributed by atoms with Gasteiger partial charge in [0, 0.05) is 0 Å². The number of allylic oxidation sites excluding steroid dienone is 2. The maximum atomic E-state index is 12.2. The minimum Gasteiger partial charge on any atom is -0.445 e. The van der Waals surface area contributed by atoms with Gasteiger partial charge in [0.15, 0.2) is 5.78 Å². The van der Waals surface area contributed by atoms with Crippen LogP contribution in [0.4, 0.5) is 4.79 Å². The van der Waals surface area contributed by atoms with Crippen molar-refractivity contribution in [1.82, 2.24) is 5.32 Å². The zero-order valence-electron chi connectivity index (χ0n) is 12.1. The van der Waals surface area contributed by atoms with Crippen molar-refractivity contribution in [3.05, 3.63) is 58.9 Å². The number of carbonyl (C=O) groups excluding carboxylic acids is 2. The first-order valence-corrected chi connectivity index (χ1v) is 8.84. The third-order valence-corrected chi connectivity index (χ3v) is 5.28. The van der Waals surface area contributed by atoms with Crippen molar-refractivity contribution >= 4 is 34.4 Å². The van der Waals surface area contributed by atoms with Crippen LogP contribution < -0.4 is 5.32 Å². The van der Waals surface area contributed by atoms with E-state index in [4.69, 9.17) is 16.3 Å². The number of alkyl carbamates (subject to hydrolysis) is 1. The summed E-state index contributed by atoms with van der Waals surface area (Å²) in [4.78, 5) is 24.1. The number of halogens is 1. The van der Waals surface area contributed by atoms with Gasteiger partial charge >= 0.3 is 6.09 Å². The molecule has 0 aromatic heterocycles. The van der Waals surface area contributed by atoms with Crippen LogP contribution in [0.25, 0.3) is 0 Å². The second-order valence-electron chi connectivity index (χ2n) is 4.76. The van der Waals surface area contributed by atoms with E-state index in [0.717, 1.165) is 5.56 Å². The summed E-state index contributed by atoms with van der Waals surface area (Å²) >= 11 is 5.88. The number of Topliss-reactive ketones (excluding diaryl/α,β-unsaturated/α-hetero) is 1. The third kappa shape index (κ3) is 4.64. The van der Waals surface area contributed by atoms with Crippen molar-refractivity contribution in [2.45, 2.75) is 24.3 Å². The Morgan fingerprint density at radius 2 is 1.86 bits per heavy atom. The Morgan fingerprint density at radius 3 is 2.45 bits per heavy atom. The molecule has 0 bridgehead atoms. The first-order chi connectivity index (χ1) is 10.6. The first-order valence-electron chi connectivity index (χ1n) is 6.85. The van der Waals surface area contributed by atoms with Crippen molar-refractivity contribution in [3.63, 3.8) is 0 Å². The largest absolute Gasteiger partial charge is 0.445 e. The molecule has 1 unspecified atom stereocenters. The fourth-order valence-electron chi connectivity index (χ4n) is 1.91. The van der Waals surface area contributed by atoms with E-state index in [1.54, 1.807) is 6.92 Å². The van der Waals surface area contributed by atoms with E-state index in [1.165, 1.54) is 0 Å². The molecule has 1 amide bonds. The molecule has 0 fully saturated rings. The van der Waals surface area contributed by atoms with Crippen LogP contribution in [-0.4, -0.2) is 22.6 Å². The lowest BCUT2D eigenvalue weighted by Gasteiger charge is -2.24. The molecule has 0 aliphatic carbocycles. The predicted molar refractivity (Wildman–Crippen MR) is 91.1 cm³/mol.